The van der Waals surface area contributed by atoms with Gasteiger partial charge < -0.3 is 9.47 Å². The average molecular weight is 263 g/mol. The first-order valence-corrected chi connectivity index (χ1v) is 6.57. The zero-order valence-electron chi connectivity index (χ0n) is 11.8. The van der Waals surface area contributed by atoms with Crippen molar-refractivity contribution < 1.29 is 14.3 Å². The van der Waals surface area contributed by atoms with Crippen LogP contribution in [0.1, 0.15) is 26.3 Å². The second kappa shape index (κ2) is 5.61. The van der Waals surface area contributed by atoms with Gasteiger partial charge in [0.25, 0.3) is 0 Å². The predicted molar refractivity (Wildman–Crippen MR) is 72.5 cm³/mol. The van der Waals surface area contributed by atoms with Gasteiger partial charge in [-0.2, -0.15) is 0 Å². The van der Waals surface area contributed by atoms with E-state index in [0.717, 1.165) is 5.56 Å². The van der Waals surface area contributed by atoms with Crippen LogP contribution in [-0.4, -0.2) is 30.4 Å². The second-order valence-corrected chi connectivity index (χ2v) is 5.82. The highest BCUT2D eigenvalue weighted by molar-refractivity contribution is 5.68. The van der Waals surface area contributed by atoms with Crippen molar-refractivity contribution in [2.24, 2.45) is 5.41 Å². The number of carbonyl (C=O) groups is 1. The summed E-state index contributed by atoms with van der Waals surface area (Å²) < 4.78 is 11.0. The molecule has 0 spiro atoms. The number of benzene rings is 1. The van der Waals surface area contributed by atoms with E-state index in [9.17, 15) is 4.79 Å². The van der Waals surface area contributed by atoms with Crippen molar-refractivity contribution in [2.75, 3.05) is 13.2 Å². The highest BCUT2D eigenvalue weighted by Crippen LogP contribution is 2.29. The molecule has 1 unspecified atom stereocenters. The summed E-state index contributed by atoms with van der Waals surface area (Å²) in [5, 5.41) is 0. The van der Waals surface area contributed by atoms with Crippen molar-refractivity contribution in [2.45, 2.75) is 33.6 Å². The fourth-order valence-electron chi connectivity index (χ4n) is 2.18. The Labute approximate surface area is 114 Å². The van der Waals surface area contributed by atoms with Gasteiger partial charge >= 0.3 is 6.09 Å². The minimum absolute atomic E-state index is 0.109. The minimum Gasteiger partial charge on any atom is -0.444 e. The van der Waals surface area contributed by atoms with Crippen molar-refractivity contribution in [3.8, 4) is 0 Å². The van der Waals surface area contributed by atoms with Gasteiger partial charge in [0.05, 0.1) is 13.2 Å². The van der Waals surface area contributed by atoms with Crippen LogP contribution in [0.15, 0.2) is 30.3 Å². The van der Waals surface area contributed by atoms with Crippen LogP contribution < -0.4 is 0 Å². The van der Waals surface area contributed by atoms with Crippen LogP contribution in [0.25, 0.3) is 0 Å². The quantitative estimate of drug-likeness (QED) is 0.823. The predicted octanol–water partition coefficient (Wildman–Crippen LogP) is 3.03. The van der Waals surface area contributed by atoms with Crippen molar-refractivity contribution >= 4 is 6.09 Å². The number of nitrogens with zero attached hydrogens (tertiary/aromatic N) is 1. The summed E-state index contributed by atoms with van der Waals surface area (Å²) in [5.41, 5.74) is 0.880. The summed E-state index contributed by atoms with van der Waals surface area (Å²) in [5.74, 6) is 0. The van der Waals surface area contributed by atoms with Gasteiger partial charge in [-0.3, -0.25) is 4.90 Å². The summed E-state index contributed by atoms with van der Waals surface area (Å²) in [6.07, 6.45) is -0.517. The fraction of sp³-hybridized carbons (Fsp3) is 0.533. The summed E-state index contributed by atoms with van der Waals surface area (Å²) in [6.45, 7) is 7.63. The number of rotatable bonds is 2. The molecular weight excluding hydrogens is 242 g/mol. The Bertz CT molecular complexity index is 425. The van der Waals surface area contributed by atoms with Crippen LogP contribution in [0.2, 0.25) is 0 Å². The van der Waals surface area contributed by atoms with Gasteiger partial charge in [-0.15, -0.1) is 0 Å². The first-order chi connectivity index (χ1) is 8.98. The van der Waals surface area contributed by atoms with Gasteiger partial charge in [0.2, 0.25) is 0 Å². The van der Waals surface area contributed by atoms with Crippen LogP contribution in [-0.2, 0) is 16.1 Å². The molecule has 1 amide bonds. The SMILES string of the molecule is CC(C)(C)C1OCCN1C(=O)OCc1ccccc1. The summed E-state index contributed by atoms with van der Waals surface area (Å²) in [4.78, 5) is 13.8. The first kappa shape index (κ1) is 13.9. The van der Waals surface area contributed by atoms with Crippen LogP contribution in [0.5, 0.6) is 0 Å². The molecule has 1 fully saturated rings. The van der Waals surface area contributed by atoms with E-state index in [2.05, 4.69) is 20.8 Å². The standard InChI is InChI=1S/C15H21NO3/c1-15(2,3)13-16(9-10-18-13)14(17)19-11-12-7-5-4-6-8-12/h4-8,13H,9-11H2,1-3H3. The largest absolute Gasteiger partial charge is 0.444 e. The zero-order valence-corrected chi connectivity index (χ0v) is 11.8. The van der Waals surface area contributed by atoms with Gasteiger partial charge in [0, 0.05) is 5.41 Å². The number of carbonyl (C=O) groups excluding carboxylic acids is 1. The number of hydrogen-bond donors (Lipinski definition) is 0. The normalized spacial score (nSPS) is 19.5. The lowest BCUT2D eigenvalue weighted by Crippen LogP contribution is -2.44. The highest BCUT2D eigenvalue weighted by Gasteiger charge is 2.38. The van der Waals surface area contributed by atoms with Gasteiger partial charge in [-0.05, 0) is 5.56 Å². The van der Waals surface area contributed by atoms with E-state index in [1.54, 1.807) is 4.90 Å². The molecule has 2 rings (SSSR count). The van der Waals surface area contributed by atoms with Crippen LogP contribution in [0, 0.1) is 5.41 Å². The molecule has 1 aliphatic heterocycles. The lowest BCUT2D eigenvalue weighted by Gasteiger charge is -2.32. The molecule has 1 aliphatic rings. The number of hydrogen-bond acceptors (Lipinski definition) is 3. The maximum atomic E-state index is 12.1. The van der Waals surface area contributed by atoms with E-state index in [0.29, 0.717) is 19.8 Å². The molecule has 104 valence electrons. The van der Waals surface area contributed by atoms with E-state index < -0.39 is 0 Å². The Morgan fingerprint density at radius 3 is 2.68 bits per heavy atom. The maximum Gasteiger partial charge on any atom is 0.412 e. The number of ether oxygens (including phenoxy) is 2. The molecule has 19 heavy (non-hydrogen) atoms. The van der Waals surface area contributed by atoms with Crippen molar-refractivity contribution in [1.82, 2.24) is 4.90 Å². The van der Waals surface area contributed by atoms with E-state index in [4.69, 9.17) is 9.47 Å². The second-order valence-electron chi connectivity index (χ2n) is 5.82. The molecule has 0 N–H and O–H groups in total. The third-order valence-corrected chi connectivity index (χ3v) is 3.07. The molecule has 0 radical (unpaired) electrons. The summed E-state index contributed by atoms with van der Waals surface area (Å²) in [7, 11) is 0. The van der Waals surface area contributed by atoms with Crippen LogP contribution in [0.3, 0.4) is 0 Å². The third-order valence-electron chi connectivity index (χ3n) is 3.07. The molecule has 0 bridgehead atoms. The lowest BCUT2D eigenvalue weighted by atomic mass is 9.94. The Morgan fingerprint density at radius 1 is 1.37 bits per heavy atom. The molecule has 4 heteroatoms. The molecule has 4 nitrogen and oxygen atoms in total. The van der Waals surface area contributed by atoms with E-state index in [-0.39, 0.29) is 17.7 Å². The Hall–Kier alpha value is -1.55. The lowest BCUT2D eigenvalue weighted by molar-refractivity contribution is -0.0431. The van der Waals surface area contributed by atoms with Gasteiger partial charge in [-0.1, -0.05) is 51.1 Å². The Morgan fingerprint density at radius 2 is 2.05 bits per heavy atom. The molecule has 0 aromatic heterocycles. The molecule has 1 aromatic carbocycles. The van der Waals surface area contributed by atoms with Gasteiger partial charge in [-0.25, -0.2) is 4.79 Å². The van der Waals surface area contributed by atoms with Crippen LogP contribution >= 0.6 is 0 Å². The molecule has 1 saturated heterocycles. The smallest absolute Gasteiger partial charge is 0.412 e. The minimum atomic E-state index is -0.304. The maximum absolute atomic E-state index is 12.1. The molecule has 1 heterocycles. The van der Waals surface area contributed by atoms with Crippen molar-refractivity contribution in [1.29, 1.82) is 0 Å². The molecule has 1 aromatic rings. The average Bonchev–Trinajstić information content (AvgIpc) is 2.86. The van der Waals surface area contributed by atoms with Gasteiger partial charge in [0.1, 0.15) is 12.8 Å². The molecular formula is C15H21NO3. The fourth-order valence-corrected chi connectivity index (χ4v) is 2.18. The Balaban J connectivity index is 1.93. The zero-order chi connectivity index (χ0) is 13.9. The molecule has 1 atom stereocenters. The summed E-state index contributed by atoms with van der Waals surface area (Å²) in [6, 6.07) is 9.68. The monoisotopic (exact) mass is 263 g/mol. The molecule has 0 aliphatic carbocycles. The Kier molecular flexibility index (Phi) is 4.10. The van der Waals surface area contributed by atoms with E-state index in [1.807, 2.05) is 30.3 Å². The van der Waals surface area contributed by atoms with Gasteiger partial charge in [0.15, 0.2) is 0 Å². The third kappa shape index (κ3) is 3.47. The first-order valence-electron chi connectivity index (χ1n) is 6.57. The number of amides is 1. The van der Waals surface area contributed by atoms with Crippen LogP contribution in [0.4, 0.5) is 4.79 Å². The molecule has 0 saturated carbocycles. The topological polar surface area (TPSA) is 38.8 Å². The van der Waals surface area contributed by atoms with E-state index in [1.165, 1.54) is 0 Å². The van der Waals surface area contributed by atoms with Crippen molar-refractivity contribution in [3.63, 3.8) is 0 Å². The van der Waals surface area contributed by atoms with Crippen molar-refractivity contribution in [3.05, 3.63) is 35.9 Å². The van der Waals surface area contributed by atoms with E-state index >= 15 is 0 Å². The highest BCUT2D eigenvalue weighted by atomic mass is 16.6. The summed E-state index contributed by atoms with van der Waals surface area (Å²) >= 11 is 0.